The number of hydrogen-bond donors (Lipinski definition) is 0. The quantitative estimate of drug-likeness (QED) is 0.722. The molecule has 0 saturated carbocycles. The molecule has 2 aromatic rings. The molecule has 74 valence electrons. The molecule has 0 bridgehead atoms. The summed E-state index contributed by atoms with van der Waals surface area (Å²) in [5.41, 5.74) is 0.748. The summed E-state index contributed by atoms with van der Waals surface area (Å²) in [6.45, 7) is -0.288. The molecule has 0 aliphatic rings. The number of rotatable bonds is 2. The first-order chi connectivity index (χ1) is 6.68. The lowest BCUT2D eigenvalue weighted by Gasteiger charge is -2.03. The lowest BCUT2D eigenvalue weighted by atomic mass is 10.2. The second-order valence-corrected chi connectivity index (χ2v) is 3.44. The van der Waals surface area contributed by atoms with Gasteiger partial charge in [0.25, 0.3) is 6.43 Å². The maximum absolute atomic E-state index is 12.2. The largest absolute Gasteiger partial charge is 0.342 e. The standard InChI is InChI=1S/C10H8ClF2N/c11-8-2-1-3-9-7(8)4-5-14(9)6-10(12)13/h1-5,10H,6H2. The highest BCUT2D eigenvalue weighted by molar-refractivity contribution is 6.35. The van der Waals surface area contributed by atoms with E-state index >= 15 is 0 Å². The van der Waals surface area contributed by atoms with E-state index in [-0.39, 0.29) is 6.54 Å². The van der Waals surface area contributed by atoms with Gasteiger partial charge in [0.05, 0.1) is 6.54 Å². The number of aromatic nitrogens is 1. The summed E-state index contributed by atoms with van der Waals surface area (Å²) >= 11 is 5.91. The second kappa shape index (κ2) is 3.58. The van der Waals surface area contributed by atoms with Crippen LogP contribution >= 0.6 is 11.6 Å². The van der Waals surface area contributed by atoms with Crippen molar-refractivity contribution < 1.29 is 8.78 Å². The van der Waals surface area contributed by atoms with Gasteiger partial charge in [-0.2, -0.15) is 0 Å². The van der Waals surface area contributed by atoms with Crippen LogP contribution in [0.1, 0.15) is 0 Å². The topological polar surface area (TPSA) is 4.93 Å². The minimum absolute atomic E-state index is 0.288. The molecule has 1 nitrogen and oxygen atoms in total. The third-order valence-electron chi connectivity index (χ3n) is 2.10. The Bertz CT molecular complexity index is 450. The fourth-order valence-electron chi connectivity index (χ4n) is 1.49. The number of nitrogens with zero attached hydrogens (tertiary/aromatic N) is 1. The average Bonchev–Trinajstić information content (AvgIpc) is 2.49. The van der Waals surface area contributed by atoms with Gasteiger partial charge in [0.15, 0.2) is 0 Å². The van der Waals surface area contributed by atoms with Crippen molar-refractivity contribution in [3.63, 3.8) is 0 Å². The van der Waals surface area contributed by atoms with Crippen LogP contribution in [0, 0.1) is 0 Å². The predicted molar refractivity (Wildman–Crippen MR) is 53.0 cm³/mol. The molecular weight excluding hydrogens is 208 g/mol. The molecule has 0 spiro atoms. The lowest BCUT2D eigenvalue weighted by molar-refractivity contribution is 0.128. The molecule has 1 heterocycles. The Morgan fingerprint density at radius 3 is 2.79 bits per heavy atom. The third-order valence-corrected chi connectivity index (χ3v) is 2.42. The van der Waals surface area contributed by atoms with Gasteiger partial charge < -0.3 is 4.57 Å². The van der Waals surface area contributed by atoms with E-state index in [9.17, 15) is 8.78 Å². The molecule has 14 heavy (non-hydrogen) atoms. The van der Waals surface area contributed by atoms with Crippen molar-refractivity contribution in [2.75, 3.05) is 0 Å². The highest BCUT2D eigenvalue weighted by Crippen LogP contribution is 2.24. The zero-order chi connectivity index (χ0) is 10.1. The van der Waals surface area contributed by atoms with E-state index in [1.165, 1.54) is 4.57 Å². The van der Waals surface area contributed by atoms with E-state index in [2.05, 4.69) is 0 Å². The molecule has 2 rings (SSSR count). The Morgan fingerprint density at radius 1 is 1.29 bits per heavy atom. The number of halogens is 3. The van der Waals surface area contributed by atoms with Crippen LogP contribution in [0.15, 0.2) is 30.5 Å². The number of alkyl halides is 2. The summed E-state index contributed by atoms with van der Waals surface area (Å²) in [7, 11) is 0. The highest BCUT2D eigenvalue weighted by Gasteiger charge is 2.08. The van der Waals surface area contributed by atoms with Gasteiger partial charge in [-0.15, -0.1) is 0 Å². The normalized spacial score (nSPS) is 11.4. The fourth-order valence-corrected chi connectivity index (χ4v) is 1.73. The molecule has 1 aromatic heterocycles. The Morgan fingerprint density at radius 2 is 2.07 bits per heavy atom. The van der Waals surface area contributed by atoms with E-state index < -0.39 is 6.43 Å². The Kier molecular flexibility index (Phi) is 2.42. The van der Waals surface area contributed by atoms with Gasteiger partial charge in [-0.1, -0.05) is 17.7 Å². The average molecular weight is 216 g/mol. The molecule has 1 aromatic carbocycles. The Balaban J connectivity index is 2.52. The smallest absolute Gasteiger partial charge is 0.256 e. The highest BCUT2D eigenvalue weighted by atomic mass is 35.5. The van der Waals surface area contributed by atoms with E-state index in [0.29, 0.717) is 5.02 Å². The van der Waals surface area contributed by atoms with Gasteiger partial charge in [0.2, 0.25) is 0 Å². The fraction of sp³-hybridized carbons (Fsp3) is 0.200. The number of benzene rings is 1. The molecule has 0 atom stereocenters. The van der Waals surface area contributed by atoms with Gasteiger partial charge in [0, 0.05) is 22.1 Å². The molecule has 0 unspecified atom stereocenters. The summed E-state index contributed by atoms with van der Waals surface area (Å²) < 4.78 is 25.9. The van der Waals surface area contributed by atoms with Gasteiger partial charge in [-0.05, 0) is 18.2 Å². The first-order valence-corrected chi connectivity index (χ1v) is 4.58. The van der Waals surface area contributed by atoms with Crippen LogP contribution in [0.2, 0.25) is 5.02 Å². The SMILES string of the molecule is FC(F)Cn1ccc2c(Cl)cccc21. The van der Waals surface area contributed by atoms with Crippen molar-refractivity contribution in [1.82, 2.24) is 4.57 Å². The molecule has 0 amide bonds. The summed E-state index contributed by atoms with van der Waals surface area (Å²) in [6, 6.07) is 7.03. The van der Waals surface area contributed by atoms with Crippen molar-refractivity contribution in [2.24, 2.45) is 0 Å². The lowest BCUT2D eigenvalue weighted by Crippen LogP contribution is -2.04. The summed E-state index contributed by atoms with van der Waals surface area (Å²) in [4.78, 5) is 0. The minimum atomic E-state index is -2.34. The van der Waals surface area contributed by atoms with Gasteiger partial charge in [0.1, 0.15) is 0 Å². The first kappa shape index (κ1) is 9.46. The van der Waals surface area contributed by atoms with E-state index in [4.69, 9.17) is 11.6 Å². The maximum atomic E-state index is 12.2. The van der Waals surface area contributed by atoms with Crippen LogP contribution in [0.4, 0.5) is 8.78 Å². The van der Waals surface area contributed by atoms with Crippen LogP contribution in [0.3, 0.4) is 0 Å². The van der Waals surface area contributed by atoms with Gasteiger partial charge in [-0.25, -0.2) is 8.78 Å². The summed E-state index contributed by atoms with van der Waals surface area (Å²) in [6.07, 6.45) is -0.715. The molecule has 4 heteroatoms. The zero-order valence-corrected chi connectivity index (χ0v) is 8.01. The van der Waals surface area contributed by atoms with Crippen LogP contribution < -0.4 is 0 Å². The molecule has 0 aliphatic heterocycles. The van der Waals surface area contributed by atoms with E-state index in [1.54, 1.807) is 30.5 Å². The number of hydrogen-bond acceptors (Lipinski definition) is 0. The second-order valence-electron chi connectivity index (χ2n) is 3.03. The molecular formula is C10H8ClF2N. The van der Waals surface area contributed by atoms with Crippen LogP contribution in [-0.4, -0.2) is 11.0 Å². The monoisotopic (exact) mass is 215 g/mol. The van der Waals surface area contributed by atoms with E-state index in [0.717, 1.165) is 10.9 Å². The third kappa shape index (κ3) is 1.60. The Labute approximate surface area is 84.9 Å². The molecule has 0 radical (unpaired) electrons. The summed E-state index contributed by atoms with van der Waals surface area (Å²) in [5.74, 6) is 0. The maximum Gasteiger partial charge on any atom is 0.256 e. The molecule has 0 fully saturated rings. The van der Waals surface area contributed by atoms with Crippen molar-refractivity contribution in [3.05, 3.63) is 35.5 Å². The van der Waals surface area contributed by atoms with Gasteiger partial charge in [-0.3, -0.25) is 0 Å². The van der Waals surface area contributed by atoms with Gasteiger partial charge >= 0.3 is 0 Å². The first-order valence-electron chi connectivity index (χ1n) is 4.20. The van der Waals surface area contributed by atoms with Crippen molar-refractivity contribution in [1.29, 1.82) is 0 Å². The Hall–Kier alpha value is -1.09. The molecule has 0 saturated heterocycles. The minimum Gasteiger partial charge on any atom is -0.342 e. The van der Waals surface area contributed by atoms with Crippen molar-refractivity contribution in [3.8, 4) is 0 Å². The predicted octanol–water partition coefficient (Wildman–Crippen LogP) is 3.56. The molecule has 0 aliphatic carbocycles. The van der Waals surface area contributed by atoms with Crippen LogP contribution in [-0.2, 0) is 6.54 Å². The summed E-state index contributed by atoms with van der Waals surface area (Å²) in [5, 5.41) is 1.41. The van der Waals surface area contributed by atoms with Crippen molar-refractivity contribution >= 4 is 22.5 Å². The number of fused-ring (bicyclic) bond motifs is 1. The van der Waals surface area contributed by atoms with Crippen LogP contribution in [0.25, 0.3) is 10.9 Å². The zero-order valence-electron chi connectivity index (χ0n) is 7.25. The van der Waals surface area contributed by atoms with Crippen LogP contribution in [0.5, 0.6) is 0 Å². The molecule has 0 N–H and O–H groups in total. The van der Waals surface area contributed by atoms with E-state index in [1.807, 2.05) is 0 Å². The van der Waals surface area contributed by atoms with Crippen molar-refractivity contribution in [2.45, 2.75) is 13.0 Å².